The molecule has 0 atom stereocenters. The van der Waals surface area contributed by atoms with E-state index in [1.807, 2.05) is 72.0 Å². The van der Waals surface area contributed by atoms with E-state index in [0.29, 0.717) is 17.5 Å². The van der Waals surface area contributed by atoms with Gasteiger partial charge in [-0.2, -0.15) is 0 Å². The van der Waals surface area contributed by atoms with Crippen LogP contribution in [0.25, 0.3) is 98.8 Å². The molecule has 0 N–H and O–H groups in total. The summed E-state index contributed by atoms with van der Waals surface area (Å²) in [5.41, 5.74) is 13.7. The van der Waals surface area contributed by atoms with E-state index in [4.69, 9.17) is 15.0 Å². The predicted octanol–water partition coefficient (Wildman–Crippen LogP) is 14.2. The summed E-state index contributed by atoms with van der Waals surface area (Å²) in [7, 11) is 0. The summed E-state index contributed by atoms with van der Waals surface area (Å²) in [6.45, 7) is 2.12. The van der Waals surface area contributed by atoms with E-state index in [-0.39, 0.29) is 0 Å². The van der Waals surface area contributed by atoms with Gasteiger partial charge in [0.1, 0.15) is 0 Å². The van der Waals surface area contributed by atoms with Crippen molar-refractivity contribution < 1.29 is 0 Å². The zero-order chi connectivity index (χ0) is 37.4. The lowest BCUT2D eigenvalue weighted by Crippen LogP contribution is -2.00. The molecule has 264 valence electrons. The highest BCUT2D eigenvalue weighted by molar-refractivity contribution is 7.26. The molecule has 10 rings (SSSR count). The second kappa shape index (κ2) is 14.3. The number of rotatable bonds is 7. The standard InChI is InChI=1S/C52H35N3S/c1-34-16-18-35(19-17-34)36-20-22-37(23-21-36)38-24-26-39(27-25-38)44-32-33-47-49(45-14-8-9-15-46(45)56-47)48(44)40-28-30-43(31-29-40)52-54-50(41-10-4-2-5-11-41)53-51(55-52)42-12-6-3-7-13-42/h2-33H,1H3. The highest BCUT2D eigenvalue weighted by atomic mass is 32.1. The van der Waals surface area contributed by atoms with Gasteiger partial charge in [0.15, 0.2) is 17.5 Å². The molecule has 4 heteroatoms. The quantitative estimate of drug-likeness (QED) is 0.164. The molecule has 0 unspecified atom stereocenters. The number of hydrogen-bond acceptors (Lipinski definition) is 4. The molecule has 2 aromatic heterocycles. The summed E-state index contributed by atoms with van der Waals surface area (Å²) < 4.78 is 2.56. The number of hydrogen-bond donors (Lipinski definition) is 0. The first-order valence-electron chi connectivity index (χ1n) is 18.8. The lowest BCUT2D eigenvalue weighted by molar-refractivity contribution is 1.07. The number of aromatic nitrogens is 3. The Morgan fingerprint density at radius 3 is 1.27 bits per heavy atom. The Kier molecular flexibility index (Phi) is 8.59. The topological polar surface area (TPSA) is 38.7 Å². The number of nitrogens with zero attached hydrogens (tertiary/aromatic N) is 3. The SMILES string of the molecule is Cc1ccc(-c2ccc(-c3ccc(-c4ccc5sc6ccccc6c5c4-c4ccc(-c5nc(-c6ccccc6)nc(-c6ccccc6)n5)cc4)cc3)cc2)cc1. The molecular weight excluding hydrogens is 699 g/mol. The summed E-state index contributed by atoms with van der Waals surface area (Å²) in [4.78, 5) is 14.9. The minimum atomic E-state index is 0.645. The van der Waals surface area contributed by atoms with Crippen molar-refractivity contribution >= 4 is 31.5 Å². The van der Waals surface area contributed by atoms with E-state index >= 15 is 0 Å². The van der Waals surface area contributed by atoms with Gasteiger partial charge in [-0.3, -0.25) is 0 Å². The zero-order valence-electron chi connectivity index (χ0n) is 30.7. The van der Waals surface area contributed by atoms with Crippen molar-refractivity contribution in [1.29, 1.82) is 0 Å². The van der Waals surface area contributed by atoms with Crippen LogP contribution in [0.5, 0.6) is 0 Å². The highest BCUT2D eigenvalue weighted by Crippen LogP contribution is 2.45. The lowest BCUT2D eigenvalue weighted by Gasteiger charge is -2.14. The van der Waals surface area contributed by atoms with Crippen molar-refractivity contribution in [3.05, 3.63) is 200 Å². The van der Waals surface area contributed by atoms with Crippen LogP contribution in [0.2, 0.25) is 0 Å². The Balaban J connectivity index is 1.05. The first-order valence-corrected chi connectivity index (χ1v) is 19.7. The minimum Gasteiger partial charge on any atom is -0.208 e. The third kappa shape index (κ3) is 6.36. The maximum atomic E-state index is 4.99. The predicted molar refractivity (Wildman–Crippen MR) is 236 cm³/mol. The van der Waals surface area contributed by atoms with E-state index in [1.165, 1.54) is 64.7 Å². The normalized spacial score (nSPS) is 11.3. The Morgan fingerprint density at radius 1 is 0.321 bits per heavy atom. The number of aryl methyl sites for hydroxylation is 1. The molecule has 0 spiro atoms. The third-order valence-corrected chi connectivity index (χ3v) is 11.6. The molecule has 0 aliphatic carbocycles. The fourth-order valence-corrected chi connectivity index (χ4v) is 8.64. The first kappa shape index (κ1) is 33.6. The van der Waals surface area contributed by atoms with Gasteiger partial charge in [0.25, 0.3) is 0 Å². The van der Waals surface area contributed by atoms with Crippen LogP contribution in [0, 0.1) is 6.92 Å². The molecule has 0 radical (unpaired) electrons. The molecule has 0 bridgehead atoms. The largest absolute Gasteiger partial charge is 0.208 e. The van der Waals surface area contributed by atoms with E-state index in [0.717, 1.165) is 22.3 Å². The average Bonchev–Trinajstić information content (AvgIpc) is 3.66. The fraction of sp³-hybridized carbons (Fsp3) is 0.0192. The van der Waals surface area contributed by atoms with Crippen LogP contribution >= 0.6 is 11.3 Å². The van der Waals surface area contributed by atoms with E-state index in [2.05, 4.69) is 140 Å². The second-order valence-electron chi connectivity index (χ2n) is 14.1. The summed E-state index contributed by atoms with van der Waals surface area (Å²) in [6, 6.07) is 68.9. The third-order valence-electron chi connectivity index (χ3n) is 10.5. The van der Waals surface area contributed by atoms with Crippen LogP contribution in [0.1, 0.15) is 5.56 Å². The van der Waals surface area contributed by atoms with Crippen molar-refractivity contribution in [2.24, 2.45) is 0 Å². The molecule has 3 nitrogen and oxygen atoms in total. The van der Waals surface area contributed by atoms with Crippen LogP contribution < -0.4 is 0 Å². The molecule has 0 saturated heterocycles. The molecule has 8 aromatic carbocycles. The number of fused-ring (bicyclic) bond motifs is 3. The van der Waals surface area contributed by atoms with Crippen molar-refractivity contribution in [3.63, 3.8) is 0 Å². The van der Waals surface area contributed by atoms with Crippen LogP contribution in [-0.4, -0.2) is 15.0 Å². The Labute approximate surface area is 330 Å². The Hall–Kier alpha value is -7.01. The van der Waals surface area contributed by atoms with Gasteiger partial charge in [-0.1, -0.05) is 188 Å². The molecule has 0 aliphatic heterocycles. The van der Waals surface area contributed by atoms with Gasteiger partial charge in [0, 0.05) is 36.9 Å². The molecule has 56 heavy (non-hydrogen) atoms. The number of thiophene rings is 1. The molecule has 10 aromatic rings. The zero-order valence-corrected chi connectivity index (χ0v) is 31.5. The van der Waals surface area contributed by atoms with Crippen molar-refractivity contribution in [2.45, 2.75) is 6.92 Å². The Bertz CT molecular complexity index is 2910. The van der Waals surface area contributed by atoms with E-state index in [9.17, 15) is 0 Å². The molecule has 2 heterocycles. The van der Waals surface area contributed by atoms with Crippen LogP contribution in [0.3, 0.4) is 0 Å². The van der Waals surface area contributed by atoms with Crippen LogP contribution in [0.4, 0.5) is 0 Å². The summed E-state index contributed by atoms with van der Waals surface area (Å²) in [5, 5.41) is 2.56. The summed E-state index contributed by atoms with van der Waals surface area (Å²) in [5.74, 6) is 1.95. The number of benzene rings is 8. The molecule has 0 fully saturated rings. The summed E-state index contributed by atoms with van der Waals surface area (Å²) in [6.07, 6.45) is 0. The van der Waals surface area contributed by atoms with Gasteiger partial charge in [0.2, 0.25) is 0 Å². The van der Waals surface area contributed by atoms with Crippen molar-refractivity contribution in [1.82, 2.24) is 15.0 Å². The van der Waals surface area contributed by atoms with Gasteiger partial charge < -0.3 is 0 Å². The molecule has 0 aliphatic rings. The first-order chi connectivity index (χ1) is 27.6. The average molecular weight is 734 g/mol. The van der Waals surface area contributed by atoms with Crippen molar-refractivity contribution in [3.8, 4) is 78.7 Å². The van der Waals surface area contributed by atoms with Crippen LogP contribution in [-0.2, 0) is 0 Å². The maximum absolute atomic E-state index is 4.99. The van der Waals surface area contributed by atoms with Gasteiger partial charge in [-0.05, 0) is 63.6 Å². The van der Waals surface area contributed by atoms with Crippen molar-refractivity contribution in [2.75, 3.05) is 0 Å². The maximum Gasteiger partial charge on any atom is 0.164 e. The molecule has 0 amide bonds. The summed E-state index contributed by atoms with van der Waals surface area (Å²) >= 11 is 1.85. The molecular formula is C52H35N3S. The second-order valence-corrected chi connectivity index (χ2v) is 15.2. The van der Waals surface area contributed by atoms with Crippen LogP contribution in [0.15, 0.2) is 194 Å². The monoisotopic (exact) mass is 733 g/mol. The van der Waals surface area contributed by atoms with E-state index in [1.54, 1.807) is 0 Å². The minimum absolute atomic E-state index is 0.645. The lowest BCUT2D eigenvalue weighted by atomic mass is 9.89. The van der Waals surface area contributed by atoms with Gasteiger partial charge >= 0.3 is 0 Å². The highest BCUT2D eigenvalue weighted by Gasteiger charge is 2.18. The fourth-order valence-electron chi connectivity index (χ4n) is 7.52. The smallest absolute Gasteiger partial charge is 0.164 e. The van der Waals surface area contributed by atoms with Gasteiger partial charge in [-0.15, -0.1) is 11.3 Å². The van der Waals surface area contributed by atoms with Gasteiger partial charge in [-0.25, -0.2) is 15.0 Å². The molecule has 0 saturated carbocycles. The van der Waals surface area contributed by atoms with E-state index < -0.39 is 0 Å². The Morgan fingerprint density at radius 2 is 0.732 bits per heavy atom. The van der Waals surface area contributed by atoms with Gasteiger partial charge in [0.05, 0.1) is 0 Å².